The van der Waals surface area contributed by atoms with Gasteiger partial charge in [0.1, 0.15) is 24.7 Å². The number of nitrogens with zero attached hydrogens (tertiary/aromatic N) is 3. The summed E-state index contributed by atoms with van der Waals surface area (Å²) in [6, 6.07) is 8.99. The number of aliphatic hydroxyl groups is 1. The van der Waals surface area contributed by atoms with Gasteiger partial charge in [-0.15, -0.1) is 0 Å². The van der Waals surface area contributed by atoms with E-state index in [-0.39, 0.29) is 31.3 Å². The molecule has 0 radical (unpaired) electrons. The summed E-state index contributed by atoms with van der Waals surface area (Å²) in [4.78, 5) is 28.6. The number of ketones is 1. The third-order valence-corrected chi connectivity index (χ3v) is 4.09. The number of aliphatic hydroxyl groups excluding tert-OH is 1. The number of hydrogen-bond acceptors (Lipinski definition) is 6. The zero-order valence-corrected chi connectivity index (χ0v) is 15.1. The van der Waals surface area contributed by atoms with Gasteiger partial charge in [0.05, 0.1) is 24.7 Å². The maximum Gasteiger partial charge on any atom is 0.270 e. The van der Waals surface area contributed by atoms with Crippen LogP contribution in [0.1, 0.15) is 27.2 Å². The first-order chi connectivity index (χ1) is 13.5. The Hall–Kier alpha value is -3.39. The molecule has 8 heteroatoms. The van der Waals surface area contributed by atoms with Crippen molar-refractivity contribution in [3.8, 4) is 5.75 Å². The van der Waals surface area contributed by atoms with E-state index in [1.165, 1.54) is 24.4 Å². The van der Waals surface area contributed by atoms with Crippen LogP contribution in [0.15, 0.2) is 53.6 Å². The summed E-state index contributed by atoms with van der Waals surface area (Å²) in [7, 11) is 0. The number of rotatable bonds is 7. The Morgan fingerprint density at radius 3 is 2.68 bits per heavy atom. The van der Waals surface area contributed by atoms with Crippen LogP contribution in [-0.4, -0.2) is 25.7 Å². The number of benzene rings is 1. The summed E-state index contributed by atoms with van der Waals surface area (Å²) in [5.41, 5.74) is 1.91. The zero-order chi connectivity index (χ0) is 20.1. The van der Waals surface area contributed by atoms with E-state index < -0.39 is 11.4 Å². The maximum atomic E-state index is 12.8. The van der Waals surface area contributed by atoms with Gasteiger partial charge >= 0.3 is 0 Å². The van der Waals surface area contributed by atoms with E-state index in [0.29, 0.717) is 16.8 Å². The minimum absolute atomic E-state index is 0.0563. The molecule has 0 unspecified atom stereocenters. The van der Waals surface area contributed by atoms with Crippen LogP contribution in [0, 0.1) is 12.7 Å². The Bertz CT molecular complexity index is 1050. The molecule has 2 aromatic heterocycles. The first kappa shape index (κ1) is 19.4. The highest BCUT2D eigenvalue weighted by Gasteiger charge is 2.12. The quantitative estimate of drug-likeness (QED) is 0.628. The topological polar surface area (TPSA) is 94.3 Å². The fourth-order valence-corrected chi connectivity index (χ4v) is 2.62. The van der Waals surface area contributed by atoms with Crippen LogP contribution in [0.25, 0.3) is 0 Å². The first-order valence-electron chi connectivity index (χ1n) is 8.50. The summed E-state index contributed by atoms with van der Waals surface area (Å²) in [5, 5.41) is 13.1. The Balaban J connectivity index is 1.67. The Labute approximate surface area is 160 Å². The van der Waals surface area contributed by atoms with Crippen molar-refractivity contribution in [2.45, 2.75) is 26.7 Å². The predicted molar refractivity (Wildman–Crippen MR) is 98.5 cm³/mol. The van der Waals surface area contributed by atoms with Crippen molar-refractivity contribution < 1.29 is 19.0 Å². The lowest BCUT2D eigenvalue weighted by Gasteiger charge is -2.09. The molecule has 3 aromatic rings. The number of aromatic nitrogens is 3. The summed E-state index contributed by atoms with van der Waals surface area (Å²) in [6.45, 7) is 1.51. The molecule has 2 heterocycles. The van der Waals surface area contributed by atoms with Crippen LogP contribution in [0.3, 0.4) is 0 Å². The van der Waals surface area contributed by atoms with Gasteiger partial charge in [0.25, 0.3) is 5.56 Å². The van der Waals surface area contributed by atoms with Gasteiger partial charge in [-0.3, -0.25) is 14.6 Å². The molecule has 0 amide bonds. The number of ether oxygens (including phenoxy) is 1. The molecule has 7 nitrogen and oxygen atoms in total. The molecule has 0 aliphatic carbocycles. The molecule has 0 fully saturated rings. The first-order valence-corrected chi connectivity index (χ1v) is 8.50. The van der Waals surface area contributed by atoms with E-state index in [2.05, 4.69) is 10.1 Å². The maximum absolute atomic E-state index is 12.8. The number of hydrogen-bond donors (Lipinski definition) is 1. The lowest BCUT2D eigenvalue weighted by molar-refractivity contribution is 0.0964. The molecule has 0 aliphatic heterocycles. The standard InChI is InChI=1S/C20H18FN3O4/c1-13-6-14(11-25)2-5-18(13)19(26)10-24-20(27)7-17(9-23-24)28-12-16-4-3-15(21)8-22-16/h2-9,25H,10-12H2,1H3. The van der Waals surface area contributed by atoms with Crippen molar-refractivity contribution in [1.29, 1.82) is 0 Å². The van der Waals surface area contributed by atoms with Crippen LogP contribution in [0.4, 0.5) is 4.39 Å². The molecule has 1 N–H and O–H groups in total. The SMILES string of the molecule is Cc1cc(CO)ccc1C(=O)Cn1ncc(OCc2ccc(F)cn2)cc1=O. The molecule has 0 bridgehead atoms. The molecular weight excluding hydrogens is 365 g/mol. The molecule has 0 saturated carbocycles. The highest BCUT2D eigenvalue weighted by molar-refractivity contribution is 5.97. The average molecular weight is 383 g/mol. The molecule has 0 atom stereocenters. The molecule has 1 aromatic carbocycles. The highest BCUT2D eigenvalue weighted by atomic mass is 19.1. The van der Waals surface area contributed by atoms with E-state index >= 15 is 0 Å². The Kier molecular flexibility index (Phi) is 5.90. The minimum Gasteiger partial charge on any atom is -0.485 e. The third kappa shape index (κ3) is 4.66. The molecule has 28 heavy (non-hydrogen) atoms. The second-order valence-corrected chi connectivity index (χ2v) is 6.17. The molecule has 3 rings (SSSR count). The van der Waals surface area contributed by atoms with Gasteiger partial charge < -0.3 is 9.84 Å². The normalized spacial score (nSPS) is 10.7. The van der Waals surface area contributed by atoms with Crippen molar-refractivity contribution in [2.75, 3.05) is 0 Å². The van der Waals surface area contributed by atoms with Gasteiger partial charge in [0.2, 0.25) is 0 Å². The molecule has 0 aliphatic rings. The van der Waals surface area contributed by atoms with E-state index in [9.17, 15) is 14.0 Å². The van der Waals surface area contributed by atoms with Gasteiger partial charge in [0, 0.05) is 11.6 Å². The van der Waals surface area contributed by atoms with Crippen LogP contribution >= 0.6 is 0 Å². The zero-order valence-electron chi connectivity index (χ0n) is 15.1. The molecule has 0 saturated heterocycles. The fourth-order valence-electron chi connectivity index (χ4n) is 2.62. The second kappa shape index (κ2) is 8.53. The smallest absolute Gasteiger partial charge is 0.270 e. The van der Waals surface area contributed by atoms with E-state index in [1.807, 2.05) is 0 Å². The summed E-state index contributed by atoms with van der Waals surface area (Å²) in [6.07, 6.45) is 2.41. The third-order valence-electron chi connectivity index (χ3n) is 4.09. The molecule has 0 spiro atoms. The van der Waals surface area contributed by atoms with Gasteiger partial charge in [-0.2, -0.15) is 5.10 Å². The lowest BCUT2D eigenvalue weighted by atomic mass is 10.0. The second-order valence-electron chi connectivity index (χ2n) is 6.17. The number of aryl methyl sites for hydroxylation is 1. The monoisotopic (exact) mass is 383 g/mol. The number of halogens is 1. The number of carbonyl (C=O) groups excluding carboxylic acids is 1. The Morgan fingerprint density at radius 2 is 2.04 bits per heavy atom. The van der Waals surface area contributed by atoms with Crippen molar-refractivity contribution in [3.63, 3.8) is 0 Å². The highest BCUT2D eigenvalue weighted by Crippen LogP contribution is 2.13. The minimum atomic E-state index is -0.484. The van der Waals surface area contributed by atoms with Crippen LogP contribution in [0.5, 0.6) is 5.75 Å². The predicted octanol–water partition coefficient (Wildman–Crippen LogP) is 2.04. The van der Waals surface area contributed by atoms with E-state index in [0.717, 1.165) is 16.4 Å². The summed E-state index contributed by atoms with van der Waals surface area (Å²) < 4.78 is 19.3. The molecule has 144 valence electrons. The summed E-state index contributed by atoms with van der Waals surface area (Å²) >= 11 is 0. The Morgan fingerprint density at radius 1 is 1.21 bits per heavy atom. The number of carbonyl (C=O) groups is 1. The fraction of sp³-hybridized carbons (Fsp3) is 0.200. The number of pyridine rings is 1. The van der Waals surface area contributed by atoms with Crippen molar-refractivity contribution in [3.05, 3.63) is 87.3 Å². The average Bonchev–Trinajstić information content (AvgIpc) is 2.69. The number of Topliss-reactive ketones (excluding diaryl/α,β-unsaturated/α-hetero) is 1. The lowest BCUT2D eigenvalue weighted by Crippen LogP contribution is -2.26. The van der Waals surface area contributed by atoms with Crippen molar-refractivity contribution >= 4 is 5.78 Å². The van der Waals surface area contributed by atoms with E-state index in [1.54, 1.807) is 25.1 Å². The van der Waals surface area contributed by atoms with Gasteiger partial charge in [-0.05, 0) is 30.2 Å². The van der Waals surface area contributed by atoms with Gasteiger partial charge in [-0.1, -0.05) is 18.2 Å². The largest absolute Gasteiger partial charge is 0.485 e. The van der Waals surface area contributed by atoms with Crippen LogP contribution in [-0.2, 0) is 19.8 Å². The van der Waals surface area contributed by atoms with Crippen molar-refractivity contribution in [2.24, 2.45) is 0 Å². The van der Waals surface area contributed by atoms with Gasteiger partial charge in [-0.25, -0.2) is 9.07 Å². The van der Waals surface area contributed by atoms with Gasteiger partial charge in [0.15, 0.2) is 5.78 Å². The van der Waals surface area contributed by atoms with Crippen molar-refractivity contribution in [1.82, 2.24) is 14.8 Å². The van der Waals surface area contributed by atoms with Crippen LogP contribution < -0.4 is 10.3 Å². The van der Waals surface area contributed by atoms with Crippen LogP contribution in [0.2, 0.25) is 0 Å². The molecular formula is C20H18FN3O4. The van der Waals surface area contributed by atoms with E-state index in [4.69, 9.17) is 9.84 Å². The summed E-state index contributed by atoms with van der Waals surface area (Å²) in [5.74, 6) is -0.483.